The Balaban J connectivity index is -0.000000308. The molecule has 0 spiro atoms. The van der Waals surface area contributed by atoms with Crippen molar-refractivity contribution in [3.8, 4) is 11.5 Å². The van der Waals surface area contributed by atoms with Crippen molar-refractivity contribution in [3.63, 3.8) is 0 Å². The number of benzene rings is 2. The Hall–Kier alpha value is -1.16. The number of phenols is 2. The van der Waals surface area contributed by atoms with E-state index in [4.69, 9.17) is 10.2 Å². The minimum atomic E-state index is -0.113. The number of hydrogen-bond acceptors (Lipinski definition) is 4. The zero-order valence-corrected chi connectivity index (χ0v) is 16.6. The van der Waals surface area contributed by atoms with Crippen LogP contribution in [0.1, 0.15) is 34.6 Å². The predicted octanol–water partition coefficient (Wildman–Crippen LogP) is -2.80. The maximum absolute atomic E-state index is 10.7. The fraction of sp³-hybridized carbons (Fsp3) is 0.125. The summed E-state index contributed by atoms with van der Waals surface area (Å²) in [4.78, 5) is 21.4. The van der Waals surface area contributed by atoms with E-state index >= 15 is 0 Å². The quantitative estimate of drug-likeness (QED) is 0.501. The number of para-hydroxylation sites is 2. The van der Waals surface area contributed by atoms with Crippen LogP contribution in [0.15, 0.2) is 48.5 Å². The predicted molar refractivity (Wildman–Crippen MR) is 76.2 cm³/mol. The van der Waals surface area contributed by atoms with Crippen LogP contribution in [0.4, 0.5) is 0 Å². The van der Waals surface area contributed by atoms with Gasteiger partial charge >= 0.3 is 26.2 Å². The Morgan fingerprint density at radius 1 is 0.696 bits per heavy atom. The van der Waals surface area contributed by atoms with Crippen molar-refractivity contribution in [2.24, 2.45) is 0 Å². The van der Waals surface area contributed by atoms with Crippen molar-refractivity contribution >= 4 is 11.6 Å². The molecule has 4 nitrogen and oxygen atoms in total. The topological polar surface area (TPSA) is 74.6 Å². The van der Waals surface area contributed by atoms with Crippen LogP contribution in [0.25, 0.3) is 0 Å². The zero-order chi connectivity index (χ0) is 15.1. The Bertz CT molecular complexity index is 577. The van der Waals surface area contributed by atoms with Crippen LogP contribution in [0, 0.1) is 0 Å². The molecule has 0 saturated heterocycles. The summed E-state index contributed by atoms with van der Waals surface area (Å²) in [5, 5.41) is 18.1. The smallest absolute Gasteiger partial charge is 1.00 e. The molecule has 0 amide bonds. The summed E-state index contributed by atoms with van der Waals surface area (Å²) in [6, 6.07) is 13.0. The zero-order valence-electron chi connectivity index (χ0n) is 12.6. The summed E-state index contributed by atoms with van der Waals surface area (Å²) in [5.74, 6) is -0.124. The molecule has 2 aromatic carbocycles. The SMILES string of the molecule is CC(=O)c1ccccc1O.CC(=O)c1ccccc1O.[Cl-].[Cl-].[Zr+2]. The average Bonchev–Trinajstić information content (AvgIpc) is 2.40. The third-order valence-corrected chi connectivity index (χ3v) is 2.57. The van der Waals surface area contributed by atoms with E-state index in [1.807, 2.05) is 0 Å². The third kappa shape index (κ3) is 8.90. The second-order valence-corrected chi connectivity index (χ2v) is 4.15. The number of aromatic hydroxyl groups is 2. The Morgan fingerprint density at radius 2 is 0.957 bits per heavy atom. The summed E-state index contributed by atoms with van der Waals surface area (Å²) < 4.78 is 0. The largest absolute Gasteiger partial charge is 2.00 e. The van der Waals surface area contributed by atoms with Crippen LogP contribution in [0.2, 0.25) is 0 Å². The van der Waals surface area contributed by atoms with Gasteiger partial charge in [0.25, 0.3) is 0 Å². The minimum Gasteiger partial charge on any atom is -1.00 e. The summed E-state index contributed by atoms with van der Waals surface area (Å²) in [6.07, 6.45) is 0. The maximum atomic E-state index is 10.7. The molecule has 0 saturated carbocycles. The number of carbonyl (C=O) groups is 2. The second kappa shape index (κ2) is 13.3. The van der Waals surface area contributed by atoms with Gasteiger partial charge in [0, 0.05) is 0 Å². The number of ketones is 2. The van der Waals surface area contributed by atoms with E-state index in [0.29, 0.717) is 11.1 Å². The van der Waals surface area contributed by atoms with E-state index in [1.54, 1.807) is 36.4 Å². The molecule has 0 fully saturated rings. The van der Waals surface area contributed by atoms with Crippen molar-refractivity contribution in [2.45, 2.75) is 13.8 Å². The van der Waals surface area contributed by atoms with E-state index in [0.717, 1.165) is 0 Å². The molecular weight excluding hydrogens is 418 g/mol. The van der Waals surface area contributed by atoms with E-state index in [9.17, 15) is 9.59 Å². The summed E-state index contributed by atoms with van der Waals surface area (Å²) in [5.41, 5.74) is 0.755. The second-order valence-electron chi connectivity index (χ2n) is 4.15. The van der Waals surface area contributed by atoms with Crippen LogP contribution in [-0.2, 0) is 26.2 Å². The van der Waals surface area contributed by atoms with E-state index < -0.39 is 0 Å². The standard InChI is InChI=1S/2C8H8O2.2ClH.Zr/c2*1-6(9)7-4-2-3-5-8(7)10;;;/h2*2-5,10H,1H3;2*1H;/q;;;;+2/p-2. The van der Waals surface area contributed by atoms with Gasteiger partial charge in [0.1, 0.15) is 11.5 Å². The molecule has 2 aromatic rings. The molecule has 0 heterocycles. The number of halogens is 2. The fourth-order valence-electron chi connectivity index (χ4n) is 1.54. The molecule has 0 radical (unpaired) electrons. The molecule has 0 bridgehead atoms. The van der Waals surface area contributed by atoms with Gasteiger partial charge in [0.15, 0.2) is 11.6 Å². The van der Waals surface area contributed by atoms with E-state index in [2.05, 4.69) is 0 Å². The van der Waals surface area contributed by atoms with Crippen molar-refractivity contribution in [1.29, 1.82) is 0 Å². The van der Waals surface area contributed by atoms with Crippen molar-refractivity contribution in [1.82, 2.24) is 0 Å². The van der Waals surface area contributed by atoms with Crippen LogP contribution < -0.4 is 24.8 Å². The Kier molecular flexibility index (Phi) is 15.5. The van der Waals surface area contributed by atoms with Crippen molar-refractivity contribution in [3.05, 3.63) is 59.7 Å². The first-order valence-corrected chi connectivity index (χ1v) is 6.01. The number of rotatable bonds is 2. The van der Waals surface area contributed by atoms with E-state index in [-0.39, 0.29) is 74.1 Å². The average molecular weight is 434 g/mol. The molecular formula is C16H16Cl2O4Zr. The number of phenolic OH excluding ortho intramolecular Hbond substituents is 2. The molecule has 23 heavy (non-hydrogen) atoms. The van der Waals surface area contributed by atoms with Gasteiger partial charge < -0.3 is 35.0 Å². The normalized spacial score (nSPS) is 8.09. The Morgan fingerprint density at radius 3 is 1.13 bits per heavy atom. The first-order chi connectivity index (χ1) is 9.43. The van der Waals surface area contributed by atoms with Gasteiger partial charge in [-0.25, -0.2) is 0 Å². The van der Waals surface area contributed by atoms with Gasteiger partial charge in [-0.2, -0.15) is 0 Å². The maximum Gasteiger partial charge on any atom is 2.00 e. The van der Waals surface area contributed by atoms with Crippen LogP contribution in [-0.4, -0.2) is 21.8 Å². The number of Topliss-reactive ketones (excluding diaryl/α,β-unsaturated/α-hetero) is 2. The first kappa shape index (κ1) is 26.7. The third-order valence-electron chi connectivity index (χ3n) is 2.57. The fourth-order valence-corrected chi connectivity index (χ4v) is 1.54. The molecule has 0 aliphatic rings. The molecule has 0 unspecified atom stereocenters. The van der Waals surface area contributed by atoms with Gasteiger partial charge in [-0.15, -0.1) is 0 Å². The monoisotopic (exact) mass is 432 g/mol. The van der Waals surface area contributed by atoms with Gasteiger partial charge in [0.2, 0.25) is 0 Å². The van der Waals surface area contributed by atoms with E-state index in [1.165, 1.54) is 26.0 Å². The van der Waals surface area contributed by atoms with Crippen molar-refractivity contribution in [2.75, 3.05) is 0 Å². The molecule has 122 valence electrons. The van der Waals surface area contributed by atoms with Gasteiger partial charge in [-0.05, 0) is 38.1 Å². The molecule has 0 aliphatic heterocycles. The molecule has 2 N–H and O–H groups in total. The van der Waals surface area contributed by atoms with Crippen molar-refractivity contribution < 1.29 is 70.8 Å². The first-order valence-electron chi connectivity index (χ1n) is 6.01. The van der Waals surface area contributed by atoms with Gasteiger partial charge in [-0.1, -0.05) is 24.3 Å². The van der Waals surface area contributed by atoms with Gasteiger partial charge in [-0.3, -0.25) is 9.59 Å². The van der Waals surface area contributed by atoms with Crippen LogP contribution in [0.3, 0.4) is 0 Å². The summed E-state index contributed by atoms with van der Waals surface area (Å²) in [7, 11) is 0. The molecule has 2 rings (SSSR count). The van der Waals surface area contributed by atoms with Gasteiger partial charge in [0.05, 0.1) is 11.1 Å². The molecule has 0 aromatic heterocycles. The minimum absolute atomic E-state index is 0. The molecule has 0 aliphatic carbocycles. The van der Waals surface area contributed by atoms with Crippen LogP contribution >= 0.6 is 0 Å². The molecule has 0 atom stereocenters. The summed E-state index contributed by atoms with van der Waals surface area (Å²) in [6.45, 7) is 2.85. The Labute approximate surface area is 166 Å². The van der Waals surface area contributed by atoms with Crippen LogP contribution in [0.5, 0.6) is 11.5 Å². The summed E-state index contributed by atoms with van der Waals surface area (Å²) >= 11 is 0. The number of carbonyl (C=O) groups excluding carboxylic acids is 2. The number of hydrogen-bond donors (Lipinski definition) is 2. The molecule has 7 heteroatoms.